The Labute approximate surface area is 130 Å². The molecule has 8 heteroatoms. The summed E-state index contributed by atoms with van der Waals surface area (Å²) in [7, 11) is 0. The minimum Gasteiger partial charge on any atom is -0.317 e. The van der Waals surface area contributed by atoms with Gasteiger partial charge in [0.1, 0.15) is 20.9 Å². The molecule has 0 atom stereocenters. The largest absolute Gasteiger partial charge is 0.317 e. The molecule has 0 unspecified atom stereocenters. The summed E-state index contributed by atoms with van der Waals surface area (Å²) in [4.78, 5) is 25.4. The van der Waals surface area contributed by atoms with E-state index in [2.05, 4.69) is 25.4 Å². The van der Waals surface area contributed by atoms with Gasteiger partial charge in [-0.05, 0) is 25.9 Å². The van der Waals surface area contributed by atoms with Gasteiger partial charge in [-0.3, -0.25) is 14.8 Å². The highest BCUT2D eigenvalue weighted by atomic mass is 32.1. The lowest BCUT2D eigenvalue weighted by Gasteiger charge is -2.23. The quantitative estimate of drug-likeness (QED) is 0.766. The molecule has 112 valence electrons. The zero-order chi connectivity index (χ0) is 14.9. The predicted octanol–water partition coefficient (Wildman–Crippen LogP) is 1.23. The standard InChI is InChI=1S/C14H14N6OS/c21-14-12-10(8-18-20(14)9-1-3-15-4-2-9)19-13(22-12)11-7-16-5-6-17-11/h5-9,15H,1-4H2. The van der Waals surface area contributed by atoms with Crippen LogP contribution in [0.2, 0.25) is 0 Å². The minimum atomic E-state index is -0.0583. The zero-order valence-electron chi connectivity index (χ0n) is 11.8. The van der Waals surface area contributed by atoms with Crippen molar-refractivity contribution in [2.75, 3.05) is 13.1 Å². The molecule has 4 rings (SSSR count). The Hall–Kier alpha value is -2.19. The second-order valence-corrected chi connectivity index (χ2v) is 6.20. The molecule has 22 heavy (non-hydrogen) atoms. The summed E-state index contributed by atoms with van der Waals surface area (Å²) >= 11 is 1.35. The van der Waals surface area contributed by atoms with Gasteiger partial charge in [0.25, 0.3) is 5.56 Å². The van der Waals surface area contributed by atoms with Crippen LogP contribution < -0.4 is 10.9 Å². The summed E-state index contributed by atoms with van der Waals surface area (Å²) in [5.74, 6) is 0. The number of aromatic nitrogens is 5. The fraction of sp³-hybridized carbons (Fsp3) is 0.357. The van der Waals surface area contributed by atoms with Gasteiger partial charge in [-0.1, -0.05) is 0 Å². The molecule has 3 aromatic heterocycles. The van der Waals surface area contributed by atoms with Crippen LogP contribution in [0.3, 0.4) is 0 Å². The van der Waals surface area contributed by atoms with Crippen LogP contribution in [0, 0.1) is 0 Å². The Kier molecular flexibility index (Phi) is 3.39. The van der Waals surface area contributed by atoms with E-state index in [1.165, 1.54) is 11.3 Å². The molecule has 0 amide bonds. The van der Waals surface area contributed by atoms with Gasteiger partial charge < -0.3 is 5.32 Å². The second-order valence-electron chi connectivity index (χ2n) is 5.20. The highest BCUT2D eigenvalue weighted by Gasteiger charge is 2.20. The highest BCUT2D eigenvalue weighted by Crippen LogP contribution is 2.26. The third kappa shape index (κ3) is 2.30. The molecular weight excluding hydrogens is 300 g/mol. The third-order valence-electron chi connectivity index (χ3n) is 3.80. The molecule has 0 aliphatic carbocycles. The Bertz CT molecular complexity index is 853. The van der Waals surface area contributed by atoms with Crippen molar-refractivity contribution in [3.05, 3.63) is 35.1 Å². The minimum absolute atomic E-state index is 0.0583. The topological polar surface area (TPSA) is 85.6 Å². The number of nitrogens with one attached hydrogen (secondary N) is 1. The Morgan fingerprint density at radius 3 is 2.86 bits per heavy atom. The molecule has 4 heterocycles. The highest BCUT2D eigenvalue weighted by molar-refractivity contribution is 7.21. The molecule has 7 nitrogen and oxygen atoms in total. The number of piperidine rings is 1. The maximum Gasteiger partial charge on any atom is 0.286 e. The van der Waals surface area contributed by atoms with Crippen molar-refractivity contribution in [3.63, 3.8) is 0 Å². The molecule has 3 aromatic rings. The average Bonchev–Trinajstić information content (AvgIpc) is 3.02. The normalized spacial score (nSPS) is 16.2. The molecule has 0 radical (unpaired) electrons. The van der Waals surface area contributed by atoms with Gasteiger partial charge in [-0.25, -0.2) is 9.67 Å². The monoisotopic (exact) mass is 314 g/mol. The first-order chi connectivity index (χ1) is 10.8. The SMILES string of the molecule is O=c1c2sc(-c3cnccn3)nc2cnn1C1CCNCC1. The fourth-order valence-corrected chi connectivity index (χ4v) is 3.61. The van der Waals surface area contributed by atoms with Crippen LogP contribution in [0.5, 0.6) is 0 Å². The van der Waals surface area contributed by atoms with E-state index >= 15 is 0 Å². The Balaban J connectivity index is 1.80. The fourth-order valence-electron chi connectivity index (χ4n) is 2.68. The molecule has 1 aliphatic heterocycles. The number of fused-ring (bicyclic) bond motifs is 1. The van der Waals surface area contributed by atoms with Gasteiger partial charge in [0.2, 0.25) is 0 Å². The number of hydrogen-bond donors (Lipinski definition) is 1. The first-order valence-electron chi connectivity index (χ1n) is 7.18. The summed E-state index contributed by atoms with van der Waals surface area (Å²) in [6.45, 7) is 1.84. The Morgan fingerprint density at radius 1 is 1.23 bits per heavy atom. The van der Waals surface area contributed by atoms with Crippen LogP contribution in [-0.4, -0.2) is 37.8 Å². The molecule has 0 spiro atoms. The van der Waals surface area contributed by atoms with Crippen molar-refractivity contribution in [3.8, 4) is 10.7 Å². The lowest BCUT2D eigenvalue weighted by atomic mass is 10.1. The zero-order valence-corrected chi connectivity index (χ0v) is 12.6. The van der Waals surface area contributed by atoms with E-state index < -0.39 is 0 Å². The number of rotatable bonds is 2. The van der Waals surface area contributed by atoms with Crippen LogP contribution in [0.15, 0.2) is 29.6 Å². The van der Waals surface area contributed by atoms with Crippen molar-refractivity contribution in [2.45, 2.75) is 18.9 Å². The van der Waals surface area contributed by atoms with E-state index in [4.69, 9.17) is 0 Å². The summed E-state index contributed by atoms with van der Waals surface area (Å²) in [5, 5.41) is 8.32. The lowest BCUT2D eigenvalue weighted by molar-refractivity contribution is 0.333. The predicted molar refractivity (Wildman–Crippen MR) is 83.8 cm³/mol. The number of nitrogens with zero attached hydrogens (tertiary/aromatic N) is 5. The van der Waals surface area contributed by atoms with E-state index in [-0.39, 0.29) is 11.6 Å². The molecule has 0 bridgehead atoms. The molecule has 1 saturated heterocycles. The van der Waals surface area contributed by atoms with Crippen LogP contribution in [0.1, 0.15) is 18.9 Å². The van der Waals surface area contributed by atoms with Gasteiger partial charge in [-0.15, -0.1) is 11.3 Å². The molecule has 0 aromatic carbocycles. The van der Waals surface area contributed by atoms with Crippen LogP contribution in [-0.2, 0) is 0 Å². The molecule has 1 fully saturated rings. The second kappa shape index (κ2) is 5.54. The average molecular weight is 314 g/mol. The first-order valence-corrected chi connectivity index (χ1v) is 8.00. The van der Waals surface area contributed by atoms with Gasteiger partial charge in [0, 0.05) is 12.4 Å². The van der Waals surface area contributed by atoms with E-state index in [1.54, 1.807) is 29.5 Å². The molecule has 0 saturated carbocycles. The van der Waals surface area contributed by atoms with Gasteiger partial charge in [-0.2, -0.15) is 5.10 Å². The number of thiazole rings is 1. The lowest BCUT2D eigenvalue weighted by Crippen LogP contribution is -2.35. The van der Waals surface area contributed by atoms with Crippen molar-refractivity contribution in [1.82, 2.24) is 30.0 Å². The maximum absolute atomic E-state index is 12.7. The van der Waals surface area contributed by atoms with Crippen molar-refractivity contribution >= 4 is 21.6 Å². The molecule has 1 aliphatic rings. The van der Waals surface area contributed by atoms with Crippen molar-refractivity contribution in [1.29, 1.82) is 0 Å². The number of hydrogen-bond acceptors (Lipinski definition) is 7. The third-order valence-corrected chi connectivity index (χ3v) is 4.88. The van der Waals surface area contributed by atoms with E-state index in [0.717, 1.165) is 25.9 Å². The van der Waals surface area contributed by atoms with E-state index in [0.29, 0.717) is 20.9 Å². The van der Waals surface area contributed by atoms with Gasteiger partial charge in [0.15, 0.2) is 0 Å². The van der Waals surface area contributed by atoms with Crippen LogP contribution in [0.25, 0.3) is 20.9 Å². The molecule has 1 N–H and O–H groups in total. The Morgan fingerprint density at radius 2 is 2.09 bits per heavy atom. The summed E-state index contributed by atoms with van der Waals surface area (Å²) in [5.41, 5.74) is 1.24. The van der Waals surface area contributed by atoms with Gasteiger partial charge >= 0.3 is 0 Å². The van der Waals surface area contributed by atoms with Crippen LogP contribution in [0.4, 0.5) is 0 Å². The van der Waals surface area contributed by atoms with Gasteiger partial charge in [0.05, 0.1) is 18.4 Å². The van der Waals surface area contributed by atoms with E-state index in [1.807, 2.05) is 0 Å². The smallest absolute Gasteiger partial charge is 0.286 e. The summed E-state index contributed by atoms with van der Waals surface area (Å²) in [6.07, 6.45) is 8.41. The summed E-state index contributed by atoms with van der Waals surface area (Å²) < 4.78 is 2.25. The molecular formula is C14H14N6OS. The first kappa shape index (κ1) is 13.5. The van der Waals surface area contributed by atoms with Crippen molar-refractivity contribution < 1.29 is 0 Å². The van der Waals surface area contributed by atoms with E-state index in [9.17, 15) is 4.79 Å². The maximum atomic E-state index is 12.7. The summed E-state index contributed by atoms with van der Waals surface area (Å²) in [6, 6.07) is 0.167. The van der Waals surface area contributed by atoms with Crippen LogP contribution >= 0.6 is 11.3 Å². The van der Waals surface area contributed by atoms with Crippen molar-refractivity contribution in [2.24, 2.45) is 0 Å².